The Labute approximate surface area is 187 Å². The molecule has 0 spiro atoms. The molecule has 5 rings (SSSR count). The summed E-state index contributed by atoms with van der Waals surface area (Å²) in [6, 6.07) is 15.7. The van der Waals surface area contributed by atoms with E-state index in [1.165, 1.54) is 0 Å². The van der Waals surface area contributed by atoms with Crippen LogP contribution in [0.5, 0.6) is 11.6 Å². The summed E-state index contributed by atoms with van der Waals surface area (Å²) >= 11 is 1.02. The van der Waals surface area contributed by atoms with Crippen molar-refractivity contribution < 1.29 is 14.3 Å². The van der Waals surface area contributed by atoms with Crippen molar-refractivity contribution in [2.75, 3.05) is 6.61 Å². The second kappa shape index (κ2) is 8.39. The van der Waals surface area contributed by atoms with Gasteiger partial charge in [0, 0.05) is 30.0 Å². The normalized spacial score (nSPS) is 11.3. The number of aromatic nitrogens is 3. The van der Waals surface area contributed by atoms with Gasteiger partial charge in [-0.2, -0.15) is 0 Å². The number of aryl methyl sites for hydroxylation is 1. The monoisotopic (exact) mass is 447 g/mol. The molecular weight excluding hydrogens is 426 g/mol. The van der Waals surface area contributed by atoms with E-state index < -0.39 is 0 Å². The Morgan fingerprint density at radius 3 is 2.78 bits per heavy atom. The van der Waals surface area contributed by atoms with E-state index >= 15 is 0 Å². The third kappa shape index (κ3) is 3.92. The van der Waals surface area contributed by atoms with Gasteiger partial charge in [-0.15, -0.1) is 0 Å². The molecule has 0 radical (unpaired) electrons. The number of hydrogen-bond donors (Lipinski definition) is 3. The molecule has 0 fully saturated rings. The van der Waals surface area contributed by atoms with Crippen LogP contribution in [0, 0.1) is 6.92 Å². The zero-order valence-electron chi connectivity index (χ0n) is 17.3. The molecule has 0 aliphatic rings. The van der Waals surface area contributed by atoms with Crippen molar-refractivity contribution in [3.05, 3.63) is 86.3 Å². The maximum absolute atomic E-state index is 11.5. The molecule has 2 aromatic carbocycles. The van der Waals surface area contributed by atoms with Crippen molar-refractivity contribution in [1.82, 2.24) is 15.0 Å². The van der Waals surface area contributed by atoms with Crippen molar-refractivity contribution >= 4 is 22.2 Å². The van der Waals surface area contributed by atoms with E-state index in [1.54, 1.807) is 0 Å². The first-order valence-electron chi connectivity index (χ1n) is 10.2. The summed E-state index contributed by atoms with van der Waals surface area (Å²) in [4.78, 5) is 22.1. The van der Waals surface area contributed by atoms with Gasteiger partial charge in [-0.3, -0.25) is 9.78 Å². The van der Waals surface area contributed by atoms with Crippen molar-refractivity contribution in [2.24, 2.45) is 0 Å². The molecule has 0 atom stereocenters. The summed E-state index contributed by atoms with van der Waals surface area (Å²) in [6.07, 6.45) is 2.94. The summed E-state index contributed by atoms with van der Waals surface area (Å²) in [5, 5.41) is 10.9. The minimum Gasteiger partial charge on any atom is -0.494 e. The fourth-order valence-electron chi connectivity index (χ4n) is 3.73. The Morgan fingerprint density at radius 1 is 1.16 bits per heavy atom. The molecule has 3 aromatic heterocycles. The number of H-pyrrole nitrogens is 2. The summed E-state index contributed by atoms with van der Waals surface area (Å²) in [5.74, 6) is 2.08. The van der Waals surface area contributed by atoms with Crippen molar-refractivity contribution in [2.45, 2.75) is 19.8 Å². The highest BCUT2D eigenvalue weighted by molar-refractivity contribution is 7.09. The molecule has 7 nitrogen and oxygen atoms in total. The van der Waals surface area contributed by atoms with Gasteiger partial charge >= 0.3 is 4.87 Å². The largest absolute Gasteiger partial charge is 0.494 e. The lowest BCUT2D eigenvalue weighted by atomic mass is 10.1. The van der Waals surface area contributed by atoms with Crippen LogP contribution in [-0.4, -0.2) is 26.7 Å². The summed E-state index contributed by atoms with van der Waals surface area (Å²) in [7, 11) is 0. The number of thiazole rings is 1. The number of ether oxygens (including phenoxy) is 1. The molecule has 8 heteroatoms. The van der Waals surface area contributed by atoms with Gasteiger partial charge < -0.3 is 19.2 Å². The molecule has 5 aromatic rings. The van der Waals surface area contributed by atoms with Gasteiger partial charge in [-0.05, 0) is 36.8 Å². The van der Waals surface area contributed by atoms with Crippen LogP contribution in [0.15, 0.2) is 63.9 Å². The number of aromatic hydroxyl groups is 1. The van der Waals surface area contributed by atoms with Gasteiger partial charge in [0.1, 0.15) is 11.5 Å². The third-order valence-electron chi connectivity index (χ3n) is 5.34. The van der Waals surface area contributed by atoms with Crippen LogP contribution in [-0.2, 0) is 12.8 Å². The predicted molar refractivity (Wildman–Crippen MR) is 124 cm³/mol. The average Bonchev–Trinajstić information content (AvgIpc) is 3.50. The number of hydrogen-bond acceptors (Lipinski definition) is 6. The van der Waals surface area contributed by atoms with E-state index in [4.69, 9.17) is 9.15 Å². The maximum Gasteiger partial charge on any atom is 0.307 e. The lowest BCUT2D eigenvalue weighted by molar-refractivity contribution is 0.323. The van der Waals surface area contributed by atoms with Crippen molar-refractivity contribution in [3.63, 3.8) is 0 Å². The summed E-state index contributed by atoms with van der Waals surface area (Å²) in [6.45, 7) is 2.37. The van der Waals surface area contributed by atoms with Gasteiger partial charge in [0.15, 0.2) is 0 Å². The van der Waals surface area contributed by atoms with Gasteiger partial charge in [0.2, 0.25) is 11.8 Å². The summed E-state index contributed by atoms with van der Waals surface area (Å²) in [5.41, 5.74) is 3.71. The van der Waals surface area contributed by atoms with E-state index in [2.05, 4.69) is 15.0 Å². The number of fused-ring (bicyclic) bond motifs is 1. The zero-order valence-corrected chi connectivity index (χ0v) is 18.2. The SMILES string of the molecule is Cc1oc(-c2ccccc2)nc1CCOc1ccc(Cc2sc(=O)[nH]c2O)c2cc[nH]c12. The van der Waals surface area contributed by atoms with Crippen LogP contribution >= 0.6 is 11.3 Å². The molecule has 3 heterocycles. The summed E-state index contributed by atoms with van der Waals surface area (Å²) < 4.78 is 11.9. The zero-order chi connectivity index (χ0) is 22.1. The van der Waals surface area contributed by atoms with Crippen LogP contribution in [0.3, 0.4) is 0 Å². The number of benzene rings is 2. The number of oxazole rings is 1. The lowest BCUT2D eigenvalue weighted by Crippen LogP contribution is -2.03. The quantitative estimate of drug-likeness (QED) is 0.332. The number of nitrogens with zero attached hydrogens (tertiary/aromatic N) is 1. The Bertz CT molecular complexity index is 1430. The highest BCUT2D eigenvalue weighted by Gasteiger charge is 2.14. The van der Waals surface area contributed by atoms with Crippen LogP contribution in [0.1, 0.15) is 21.9 Å². The molecule has 0 unspecified atom stereocenters. The minimum absolute atomic E-state index is 0.0677. The fourth-order valence-corrected chi connectivity index (χ4v) is 4.48. The van der Waals surface area contributed by atoms with Crippen LogP contribution < -0.4 is 9.61 Å². The van der Waals surface area contributed by atoms with Crippen molar-refractivity contribution in [3.8, 4) is 23.1 Å². The molecule has 0 aliphatic carbocycles. The van der Waals surface area contributed by atoms with E-state index in [0.29, 0.717) is 30.2 Å². The second-order valence-corrected chi connectivity index (χ2v) is 8.51. The van der Waals surface area contributed by atoms with E-state index in [-0.39, 0.29) is 10.8 Å². The Hall–Kier alpha value is -3.78. The van der Waals surface area contributed by atoms with Gasteiger partial charge in [0.05, 0.1) is 22.7 Å². The van der Waals surface area contributed by atoms with Crippen molar-refractivity contribution in [1.29, 1.82) is 0 Å². The molecule has 0 amide bonds. The van der Waals surface area contributed by atoms with Crippen LogP contribution in [0.4, 0.5) is 0 Å². The molecule has 162 valence electrons. The van der Waals surface area contributed by atoms with Crippen LogP contribution in [0.25, 0.3) is 22.4 Å². The maximum atomic E-state index is 11.5. The molecule has 0 bridgehead atoms. The van der Waals surface area contributed by atoms with E-state index in [1.807, 2.05) is 61.7 Å². The number of rotatable bonds is 7. The Morgan fingerprint density at radius 2 is 2.00 bits per heavy atom. The molecule has 0 saturated carbocycles. The van der Waals surface area contributed by atoms with E-state index in [0.717, 1.165) is 50.6 Å². The number of nitrogens with one attached hydrogen (secondary N) is 2. The lowest BCUT2D eigenvalue weighted by Gasteiger charge is -2.09. The fraction of sp³-hybridized carbons (Fsp3) is 0.167. The first-order valence-corrected chi connectivity index (χ1v) is 11.0. The first-order chi connectivity index (χ1) is 15.6. The Balaban J connectivity index is 1.31. The van der Waals surface area contributed by atoms with Gasteiger partial charge in [0.25, 0.3) is 0 Å². The molecule has 0 aliphatic heterocycles. The highest BCUT2D eigenvalue weighted by atomic mass is 32.1. The molecule has 0 saturated heterocycles. The van der Waals surface area contributed by atoms with E-state index in [9.17, 15) is 9.90 Å². The third-order valence-corrected chi connectivity index (χ3v) is 6.21. The van der Waals surface area contributed by atoms with Gasteiger partial charge in [-0.25, -0.2) is 4.98 Å². The van der Waals surface area contributed by atoms with Gasteiger partial charge in [-0.1, -0.05) is 35.6 Å². The Kier molecular flexibility index (Phi) is 5.28. The number of aromatic amines is 2. The smallest absolute Gasteiger partial charge is 0.307 e. The highest BCUT2D eigenvalue weighted by Crippen LogP contribution is 2.31. The standard InChI is InChI=1S/C24H21N3O4S/c1-14-18(26-23(31-14)15-5-3-2-4-6-15)10-12-30-19-8-7-16(17-9-11-25-21(17)19)13-20-22(28)27-24(29)32-20/h2-9,11,25,28H,10,12-13H2,1H3,(H,27,29). The topological polar surface area (TPSA) is 104 Å². The molecular formula is C24H21N3O4S. The second-order valence-electron chi connectivity index (χ2n) is 7.44. The predicted octanol–water partition coefficient (Wildman–Crippen LogP) is 4.80. The van der Waals surface area contributed by atoms with Crippen LogP contribution in [0.2, 0.25) is 0 Å². The minimum atomic E-state index is -0.263. The average molecular weight is 448 g/mol. The first kappa shape index (κ1) is 20.1. The molecule has 32 heavy (non-hydrogen) atoms. The molecule has 3 N–H and O–H groups in total.